The topological polar surface area (TPSA) is 45.0 Å². The van der Waals surface area contributed by atoms with E-state index in [-0.39, 0.29) is 0 Å². The minimum atomic E-state index is -0.525. The highest BCUT2D eigenvalue weighted by Crippen LogP contribution is 2.02. The summed E-state index contributed by atoms with van der Waals surface area (Å²) in [5, 5.41) is 12.0. The highest BCUT2D eigenvalue weighted by atomic mass is 16.5. The van der Waals surface area contributed by atoms with Crippen molar-refractivity contribution in [3.8, 4) is 6.07 Å². The minimum absolute atomic E-state index is 0.470. The van der Waals surface area contributed by atoms with Gasteiger partial charge in [0.25, 0.3) is 0 Å². The van der Waals surface area contributed by atoms with E-state index in [4.69, 9.17) is 10.00 Å². The van der Waals surface area contributed by atoms with E-state index in [1.165, 1.54) is 0 Å². The Morgan fingerprint density at radius 2 is 2.15 bits per heavy atom. The van der Waals surface area contributed by atoms with Gasteiger partial charge in [-0.1, -0.05) is 20.3 Å². The first-order valence-electron chi connectivity index (χ1n) is 4.92. The number of nitrogens with one attached hydrogen (secondary N) is 1. The van der Waals surface area contributed by atoms with Gasteiger partial charge >= 0.3 is 0 Å². The quantitative estimate of drug-likeness (QED) is 0.612. The third kappa shape index (κ3) is 5.62. The fraction of sp³-hybridized carbons (Fsp3) is 0.900. The molecule has 0 rings (SSSR count). The molecule has 76 valence electrons. The molecule has 0 fully saturated rings. The lowest BCUT2D eigenvalue weighted by Crippen LogP contribution is -2.45. The fourth-order valence-electron chi connectivity index (χ4n) is 1.04. The molecule has 0 amide bonds. The molecule has 0 aromatic rings. The Labute approximate surface area is 81.1 Å². The van der Waals surface area contributed by atoms with Crippen LogP contribution in [-0.4, -0.2) is 25.3 Å². The molecule has 0 saturated carbocycles. The molecule has 0 bridgehead atoms. The van der Waals surface area contributed by atoms with Crippen molar-refractivity contribution in [2.75, 3.05) is 19.8 Å². The first kappa shape index (κ1) is 12.4. The van der Waals surface area contributed by atoms with Crippen LogP contribution in [0.5, 0.6) is 0 Å². The average molecular weight is 184 g/mol. The maximum atomic E-state index is 8.88. The zero-order valence-electron chi connectivity index (χ0n) is 8.89. The second-order valence-electron chi connectivity index (χ2n) is 3.38. The van der Waals surface area contributed by atoms with Crippen LogP contribution in [-0.2, 0) is 4.74 Å². The Balaban J connectivity index is 3.65. The fourth-order valence-corrected chi connectivity index (χ4v) is 1.04. The molecular weight excluding hydrogens is 164 g/mol. The van der Waals surface area contributed by atoms with Gasteiger partial charge in [-0.3, -0.25) is 5.32 Å². The molecule has 0 aromatic heterocycles. The molecule has 13 heavy (non-hydrogen) atoms. The van der Waals surface area contributed by atoms with Crippen molar-refractivity contribution in [3.05, 3.63) is 0 Å². The predicted octanol–water partition coefficient (Wildman–Crippen LogP) is 1.69. The molecule has 3 heteroatoms. The Kier molecular flexibility index (Phi) is 6.56. The Morgan fingerprint density at radius 1 is 1.46 bits per heavy atom. The molecule has 0 aliphatic rings. The number of nitrogens with zero attached hydrogens (tertiary/aromatic N) is 1. The van der Waals surface area contributed by atoms with Crippen LogP contribution in [0, 0.1) is 11.3 Å². The van der Waals surface area contributed by atoms with Crippen LogP contribution >= 0.6 is 0 Å². The minimum Gasteiger partial charge on any atom is -0.378 e. The zero-order chi connectivity index (χ0) is 10.2. The van der Waals surface area contributed by atoms with E-state index in [1.54, 1.807) is 0 Å². The standard InChI is InChI=1S/C10H20N2O/c1-4-6-7-13-9-10(3,8-11)12-5-2/h12H,4-7,9H2,1-3H3. The zero-order valence-corrected chi connectivity index (χ0v) is 8.89. The van der Waals surface area contributed by atoms with Crippen LogP contribution < -0.4 is 5.32 Å². The van der Waals surface area contributed by atoms with Gasteiger partial charge in [-0.2, -0.15) is 5.26 Å². The van der Waals surface area contributed by atoms with Gasteiger partial charge in [-0.15, -0.1) is 0 Å². The summed E-state index contributed by atoms with van der Waals surface area (Å²) in [6.07, 6.45) is 2.19. The molecule has 0 aliphatic carbocycles. The third-order valence-corrected chi connectivity index (χ3v) is 1.85. The normalized spacial score (nSPS) is 14.9. The van der Waals surface area contributed by atoms with Crippen molar-refractivity contribution in [3.63, 3.8) is 0 Å². The first-order valence-corrected chi connectivity index (χ1v) is 4.92. The van der Waals surface area contributed by atoms with E-state index in [0.717, 1.165) is 26.0 Å². The summed E-state index contributed by atoms with van der Waals surface area (Å²) in [4.78, 5) is 0. The number of nitriles is 1. The van der Waals surface area contributed by atoms with E-state index >= 15 is 0 Å². The number of hydrogen-bond acceptors (Lipinski definition) is 3. The average Bonchev–Trinajstić information content (AvgIpc) is 2.13. The summed E-state index contributed by atoms with van der Waals surface area (Å²) in [5.41, 5.74) is -0.525. The van der Waals surface area contributed by atoms with Crippen molar-refractivity contribution < 1.29 is 4.74 Å². The van der Waals surface area contributed by atoms with Crippen LogP contribution in [0.1, 0.15) is 33.6 Å². The number of rotatable bonds is 7. The van der Waals surface area contributed by atoms with Gasteiger partial charge in [0.2, 0.25) is 0 Å². The van der Waals surface area contributed by atoms with E-state index < -0.39 is 5.54 Å². The smallest absolute Gasteiger partial charge is 0.127 e. The maximum Gasteiger partial charge on any atom is 0.127 e. The monoisotopic (exact) mass is 184 g/mol. The number of unbranched alkanes of at least 4 members (excludes halogenated alkanes) is 1. The maximum absolute atomic E-state index is 8.88. The molecule has 0 saturated heterocycles. The summed E-state index contributed by atoms with van der Waals surface area (Å²) in [5.74, 6) is 0. The molecule has 1 unspecified atom stereocenters. The van der Waals surface area contributed by atoms with E-state index in [1.807, 2.05) is 13.8 Å². The lowest BCUT2D eigenvalue weighted by atomic mass is 10.1. The van der Waals surface area contributed by atoms with Gasteiger partial charge in [0.15, 0.2) is 0 Å². The molecule has 0 radical (unpaired) electrons. The third-order valence-electron chi connectivity index (χ3n) is 1.85. The van der Waals surface area contributed by atoms with Gasteiger partial charge < -0.3 is 4.74 Å². The van der Waals surface area contributed by atoms with Crippen molar-refractivity contribution in [2.24, 2.45) is 0 Å². The summed E-state index contributed by atoms with van der Waals surface area (Å²) in [7, 11) is 0. The molecule has 1 N–H and O–H groups in total. The largest absolute Gasteiger partial charge is 0.378 e. The molecule has 0 aliphatic heterocycles. The SMILES string of the molecule is CCCCOCC(C)(C#N)NCC. The Bertz CT molecular complexity index is 165. The highest BCUT2D eigenvalue weighted by Gasteiger charge is 2.21. The second kappa shape index (κ2) is 6.88. The van der Waals surface area contributed by atoms with Crippen LogP contribution in [0.4, 0.5) is 0 Å². The van der Waals surface area contributed by atoms with Crippen LogP contribution in [0.3, 0.4) is 0 Å². The van der Waals surface area contributed by atoms with E-state index in [2.05, 4.69) is 18.3 Å². The molecular formula is C10H20N2O. The summed E-state index contributed by atoms with van der Waals surface area (Å²) in [6, 6.07) is 2.22. The van der Waals surface area contributed by atoms with Crippen molar-refractivity contribution in [1.82, 2.24) is 5.32 Å². The summed E-state index contributed by atoms with van der Waals surface area (Å²) < 4.78 is 5.40. The van der Waals surface area contributed by atoms with Gasteiger partial charge in [0, 0.05) is 6.61 Å². The number of likely N-dealkylation sites (N-methyl/N-ethyl adjacent to an activating group) is 1. The van der Waals surface area contributed by atoms with E-state index in [9.17, 15) is 0 Å². The predicted molar refractivity (Wildman–Crippen MR) is 53.4 cm³/mol. The van der Waals surface area contributed by atoms with Crippen LogP contribution in [0.25, 0.3) is 0 Å². The van der Waals surface area contributed by atoms with Gasteiger partial charge in [0.1, 0.15) is 5.54 Å². The lowest BCUT2D eigenvalue weighted by Gasteiger charge is -2.22. The summed E-state index contributed by atoms with van der Waals surface area (Å²) >= 11 is 0. The van der Waals surface area contributed by atoms with Gasteiger partial charge in [-0.25, -0.2) is 0 Å². The first-order chi connectivity index (χ1) is 6.18. The number of ether oxygens (including phenoxy) is 1. The van der Waals surface area contributed by atoms with Crippen LogP contribution in [0.2, 0.25) is 0 Å². The molecule has 1 atom stereocenters. The van der Waals surface area contributed by atoms with Crippen molar-refractivity contribution in [1.29, 1.82) is 5.26 Å². The number of hydrogen-bond donors (Lipinski definition) is 1. The van der Waals surface area contributed by atoms with E-state index in [0.29, 0.717) is 6.61 Å². The molecule has 3 nitrogen and oxygen atoms in total. The van der Waals surface area contributed by atoms with Crippen molar-refractivity contribution in [2.45, 2.75) is 39.2 Å². The molecule has 0 aromatic carbocycles. The Hall–Kier alpha value is -0.590. The lowest BCUT2D eigenvalue weighted by molar-refractivity contribution is 0.0939. The molecule has 0 heterocycles. The summed E-state index contributed by atoms with van der Waals surface area (Å²) in [6.45, 7) is 7.99. The second-order valence-corrected chi connectivity index (χ2v) is 3.38. The molecule has 0 spiro atoms. The van der Waals surface area contributed by atoms with Gasteiger partial charge in [0.05, 0.1) is 12.7 Å². The Morgan fingerprint density at radius 3 is 2.62 bits per heavy atom. The van der Waals surface area contributed by atoms with Gasteiger partial charge in [-0.05, 0) is 19.9 Å². The highest BCUT2D eigenvalue weighted by molar-refractivity contribution is 5.03. The van der Waals surface area contributed by atoms with Crippen molar-refractivity contribution >= 4 is 0 Å². The van der Waals surface area contributed by atoms with Crippen LogP contribution in [0.15, 0.2) is 0 Å².